The van der Waals surface area contributed by atoms with Crippen molar-refractivity contribution in [2.45, 2.75) is 19.3 Å². The zero-order valence-electron chi connectivity index (χ0n) is 8.39. The monoisotopic (exact) mass is 184 g/mol. The quantitative estimate of drug-likeness (QED) is 0.614. The minimum Gasteiger partial charge on any atom is -0.358 e. The minimum atomic E-state index is -0.752. The van der Waals surface area contributed by atoms with E-state index in [1.807, 2.05) is 0 Å². The number of carbonyl (C=O) groups is 2. The van der Waals surface area contributed by atoms with E-state index in [0.29, 0.717) is 12.8 Å². The van der Waals surface area contributed by atoms with Crippen LogP contribution in [0.15, 0.2) is 0 Å². The van der Waals surface area contributed by atoms with E-state index in [-0.39, 0.29) is 11.8 Å². The van der Waals surface area contributed by atoms with Gasteiger partial charge in [0.05, 0.1) is 0 Å². The first-order chi connectivity index (χ1) is 6.04. The lowest BCUT2D eigenvalue weighted by Crippen LogP contribution is -2.54. The van der Waals surface area contributed by atoms with E-state index in [9.17, 15) is 9.59 Å². The first-order valence-corrected chi connectivity index (χ1v) is 4.48. The molecule has 1 rings (SSSR count). The molecule has 0 aromatic rings. The Morgan fingerprint density at radius 3 is 2.08 bits per heavy atom. The fourth-order valence-electron chi connectivity index (χ4n) is 1.74. The smallest absolute Gasteiger partial charge is 0.237 e. The second kappa shape index (κ2) is 3.36. The van der Waals surface area contributed by atoms with Gasteiger partial charge in [0.1, 0.15) is 5.41 Å². The highest BCUT2D eigenvalue weighted by Gasteiger charge is 2.50. The fraction of sp³-hybridized carbons (Fsp3) is 0.778. The highest BCUT2D eigenvalue weighted by molar-refractivity contribution is 6.05. The summed E-state index contributed by atoms with van der Waals surface area (Å²) < 4.78 is 0. The molecule has 0 unspecified atom stereocenters. The largest absolute Gasteiger partial charge is 0.358 e. The van der Waals surface area contributed by atoms with Crippen LogP contribution in [-0.4, -0.2) is 37.9 Å². The zero-order valence-corrected chi connectivity index (χ0v) is 8.39. The molecule has 4 heteroatoms. The van der Waals surface area contributed by atoms with Gasteiger partial charge in [-0.15, -0.1) is 0 Å². The van der Waals surface area contributed by atoms with Crippen LogP contribution in [0, 0.1) is 5.41 Å². The maximum Gasteiger partial charge on any atom is 0.237 e. The predicted molar refractivity (Wildman–Crippen MR) is 49.0 cm³/mol. The lowest BCUT2D eigenvalue weighted by molar-refractivity contribution is -0.154. The molecule has 1 aliphatic carbocycles. The van der Waals surface area contributed by atoms with Crippen molar-refractivity contribution >= 4 is 11.8 Å². The second-order valence-corrected chi connectivity index (χ2v) is 3.71. The average molecular weight is 184 g/mol. The van der Waals surface area contributed by atoms with Crippen molar-refractivity contribution in [2.24, 2.45) is 5.41 Å². The van der Waals surface area contributed by atoms with Crippen LogP contribution in [0.2, 0.25) is 0 Å². The molecule has 4 nitrogen and oxygen atoms in total. The Morgan fingerprint density at radius 2 is 1.85 bits per heavy atom. The Morgan fingerprint density at radius 1 is 1.31 bits per heavy atom. The molecule has 0 saturated heterocycles. The molecule has 1 N–H and O–H groups in total. The van der Waals surface area contributed by atoms with Gasteiger partial charge in [-0.2, -0.15) is 0 Å². The topological polar surface area (TPSA) is 49.4 Å². The first-order valence-electron chi connectivity index (χ1n) is 4.48. The Labute approximate surface area is 78.3 Å². The van der Waals surface area contributed by atoms with Gasteiger partial charge in [0.2, 0.25) is 11.8 Å². The molecule has 0 bridgehead atoms. The van der Waals surface area contributed by atoms with E-state index in [0.717, 1.165) is 6.42 Å². The van der Waals surface area contributed by atoms with Crippen molar-refractivity contribution in [1.82, 2.24) is 10.2 Å². The number of nitrogens with one attached hydrogen (secondary N) is 1. The van der Waals surface area contributed by atoms with Crippen LogP contribution in [0.25, 0.3) is 0 Å². The first kappa shape index (κ1) is 10.0. The summed E-state index contributed by atoms with van der Waals surface area (Å²) in [5, 5.41) is 2.56. The lowest BCUT2D eigenvalue weighted by atomic mass is 9.67. The van der Waals surface area contributed by atoms with Gasteiger partial charge in [0.15, 0.2) is 0 Å². The van der Waals surface area contributed by atoms with Crippen molar-refractivity contribution in [2.75, 3.05) is 21.1 Å². The van der Waals surface area contributed by atoms with Gasteiger partial charge in [0.25, 0.3) is 0 Å². The molecule has 1 fully saturated rings. The van der Waals surface area contributed by atoms with Crippen LogP contribution >= 0.6 is 0 Å². The summed E-state index contributed by atoms with van der Waals surface area (Å²) in [5.74, 6) is -0.212. The summed E-state index contributed by atoms with van der Waals surface area (Å²) >= 11 is 0. The summed E-state index contributed by atoms with van der Waals surface area (Å²) in [6, 6.07) is 0. The van der Waals surface area contributed by atoms with Gasteiger partial charge in [0, 0.05) is 21.1 Å². The van der Waals surface area contributed by atoms with Crippen LogP contribution < -0.4 is 5.32 Å². The summed E-state index contributed by atoms with van der Waals surface area (Å²) in [4.78, 5) is 24.7. The summed E-state index contributed by atoms with van der Waals surface area (Å²) in [5.41, 5.74) is -0.752. The summed E-state index contributed by atoms with van der Waals surface area (Å²) in [7, 11) is 4.95. The van der Waals surface area contributed by atoms with Crippen molar-refractivity contribution in [1.29, 1.82) is 0 Å². The zero-order chi connectivity index (χ0) is 10.1. The van der Waals surface area contributed by atoms with Crippen LogP contribution in [0.1, 0.15) is 19.3 Å². The van der Waals surface area contributed by atoms with Gasteiger partial charge in [-0.1, -0.05) is 6.42 Å². The molecule has 13 heavy (non-hydrogen) atoms. The number of rotatable bonds is 2. The third-order valence-electron chi connectivity index (χ3n) is 2.68. The van der Waals surface area contributed by atoms with E-state index in [1.54, 1.807) is 21.1 Å². The van der Waals surface area contributed by atoms with Crippen LogP contribution in [-0.2, 0) is 9.59 Å². The number of hydrogen-bond acceptors (Lipinski definition) is 2. The van der Waals surface area contributed by atoms with Crippen LogP contribution in [0.3, 0.4) is 0 Å². The Balaban J connectivity index is 2.81. The minimum absolute atomic E-state index is 0.0712. The van der Waals surface area contributed by atoms with Crippen LogP contribution in [0.4, 0.5) is 0 Å². The summed E-state index contributed by atoms with van der Waals surface area (Å²) in [6.45, 7) is 0. The molecule has 0 aromatic carbocycles. The Bertz CT molecular complexity index is 232. The molecule has 0 spiro atoms. The molecule has 0 heterocycles. The molecule has 1 saturated carbocycles. The lowest BCUT2D eigenvalue weighted by Gasteiger charge is -2.39. The molecular formula is C9H16N2O2. The van der Waals surface area contributed by atoms with E-state index in [4.69, 9.17) is 0 Å². The van der Waals surface area contributed by atoms with Crippen molar-refractivity contribution in [3.05, 3.63) is 0 Å². The SMILES string of the molecule is CNC(=O)C1(C(=O)N(C)C)CCC1. The van der Waals surface area contributed by atoms with Gasteiger partial charge in [-0.3, -0.25) is 9.59 Å². The highest BCUT2D eigenvalue weighted by Crippen LogP contribution is 2.42. The Hall–Kier alpha value is -1.06. The van der Waals surface area contributed by atoms with Gasteiger partial charge >= 0.3 is 0 Å². The molecule has 1 aliphatic rings. The van der Waals surface area contributed by atoms with E-state index >= 15 is 0 Å². The standard InChI is InChI=1S/C9H16N2O2/c1-10-7(12)9(5-4-6-9)8(13)11(2)3/h4-6H2,1-3H3,(H,10,12). The number of amides is 2. The molecule has 0 atom stereocenters. The number of carbonyl (C=O) groups excluding carboxylic acids is 2. The fourth-order valence-corrected chi connectivity index (χ4v) is 1.74. The van der Waals surface area contributed by atoms with E-state index in [1.165, 1.54) is 4.90 Å². The van der Waals surface area contributed by atoms with Gasteiger partial charge in [-0.25, -0.2) is 0 Å². The third kappa shape index (κ3) is 1.41. The number of nitrogens with zero attached hydrogens (tertiary/aromatic N) is 1. The maximum absolute atomic E-state index is 11.7. The van der Waals surface area contributed by atoms with E-state index < -0.39 is 5.41 Å². The normalized spacial score (nSPS) is 18.7. The summed E-state index contributed by atoms with van der Waals surface area (Å²) in [6.07, 6.45) is 2.33. The van der Waals surface area contributed by atoms with Crippen LogP contribution in [0.5, 0.6) is 0 Å². The predicted octanol–water partition coefficient (Wildman–Crippen LogP) is -0.00910. The number of hydrogen-bond donors (Lipinski definition) is 1. The van der Waals surface area contributed by atoms with Crippen molar-refractivity contribution < 1.29 is 9.59 Å². The maximum atomic E-state index is 11.7. The van der Waals surface area contributed by atoms with Gasteiger partial charge in [-0.05, 0) is 12.8 Å². The van der Waals surface area contributed by atoms with Crippen molar-refractivity contribution in [3.63, 3.8) is 0 Å². The highest BCUT2D eigenvalue weighted by atomic mass is 16.2. The Kier molecular flexibility index (Phi) is 2.59. The second-order valence-electron chi connectivity index (χ2n) is 3.71. The molecule has 2 amide bonds. The molecule has 0 aromatic heterocycles. The average Bonchev–Trinajstić information content (AvgIpc) is 2.01. The molecule has 0 aliphatic heterocycles. The molecule has 0 radical (unpaired) electrons. The third-order valence-corrected chi connectivity index (χ3v) is 2.68. The molecular weight excluding hydrogens is 168 g/mol. The van der Waals surface area contributed by atoms with Crippen molar-refractivity contribution in [3.8, 4) is 0 Å². The van der Waals surface area contributed by atoms with Gasteiger partial charge < -0.3 is 10.2 Å². The molecule has 74 valence electrons. The van der Waals surface area contributed by atoms with E-state index in [2.05, 4.69) is 5.32 Å².